The maximum atomic E-state index is 12.6. The number of hydrogen-bond donors (Lipinski definition) is 2. The van der Waals surface area contributed by atoms with Crippen molar-refractivity contribution >= 4 is 34.8 Å². The molecule has 0 atom stereocenters. The number of amides is 2. The van der Waals surface area contributed by atoms with Crippen molar-refractivity contribution in [1.82, 2.24) is 0 Å². The number of rotatable bonds is 4. The van der Waals surface area contributed by atoms with Crippen molar-refractivity contribution in [3.63, 3.8) is 0 Å². The third-order valence-corrected chi connectivity index (χ3v) is 4.31. The smallest absolute Gasteiger partial charge is 0.255 e. The lowest BCUT2D eigenvalue weighted by atomic mass is 10.1. The molecule has 0 aliphatic heterocycles. The SMILES string of the molecule is Cc1cc(Cl)ccc1NC(=O)c1cccc(C(=O)Nc2cccc(C#N)c2)c1. The van der Waals surface area contributed by atoms with Gasteiger partial charge in [-0.3, -0.25) is 9.59 Å². The summed E-state index contributed by atoms with van der Waals surface area (Å²) in [6.07, 6.45) is 0. The molecule has 0 fully saturated rings. The molecule has 0 spiro atoms. The second-order valence-corrected chi connectivity index (χ2v) is 6.58. The van der Waals surface area contributed by atoms with Crippen LogP contribution >= 0.6 is 11.6 Å². The number of hydrogen-bond acceptors (Lipinski definition) is 3. The van der Waals surface area contributed by atoms with Gasteiger partial charge in [-0.1, -0.05) is 23.7 Å². The van der Waals surface area contributed by atoms with Crippen molar-refractivity contribution in [2.24, 2.45) is 0 Å². The van der Waals surface area contributed by atoms with E-state index in [2.05, 4.69) is 10.6 Å². The van der Waals surface area contributed by atoms with E-state index in [-0.39, 0.29) is 11.8 Å². The van der Waals surface area contributed by atoms with Crippen LogP contribution in [0.2, 0.25) is 5.02 Å². The number of aryl methyl sites for hydroxylation is 1. The summed E-state index contributed by atoms with van der Waals surface area (Å²) < 4.78 is 0. The van der Waals surface area contributed by atoms with Crippen LogP contribution in [0.25, 0.3) is 0 Å². The topological polar surface area (TPSA) is 82.0 Å². The van der Waals surface area contributed by atoms with Crippen LogP contribution in [0.5, 0.6) is 0 Å². The van der Waals surface area contributed by atoms with Gasteiger partial charge in [-0.25, -0.2) is 0 Å². The molecule has 2 N–H and O–H groups in total. The van der Waals surface area contributed by atoms with Crippen LogP contribution in [-0.4, -0.2) is 11.8 Å². The van der Waals surface area contributed by atoms with Crippen molar-refractivity contribution < 1.29 is 9.59 Å². The van der Waals surface area contributed by atoms with Gasteiger partial charge in [-0.15, -0.1) is 0 Å². The van der Waals surface area contributed by atoms with Crippen molar-refractivity contribution in [2.45, 2.75) is 6.92 Å². The van der Waals surface area contributed by atoms with Crippen molar-refractivity contribution in [2.75, 3.05) is 10.6 Å². The van der Waals surface area contributed by atoms with Gasteiger partial charge in [-0.2, -0.15) is 5.26 Å². The summed E-state index contributed by atoms with van der Waals surface area (Å²) in [5.41, 5.74) is 3.14. The van der Waals surface area contributed by atoms with Gasteiger partial charge in [0.2, 0.25) is 0 Å². The van der Waals surface area contributed by atoms with Crippen LogP contribution in [0.15, 0.2) is 66.7 Å². The highest BCUT2D eigenvalue weighted by molar-refractivity contribution is 6.30. The van der Waals surface area contributed by atoms with Gasteiger partial charge in [0.25, 0.3) is 11.8 Å². The van der Waals surface area contributed by atoms with E-state index < -0.39 is 0 Å². The van der Waals surface area contributed by atoms with Crippen LogP contribution in [-0.2, 0) is 0 Å². The van der Waals surface area contributed by atoms with Gasteiger partial charge >= 0.3 is 0 Å². The maximum Gasteiger partial charge on any atom is 0.255 e. The molecule has 0 radical (unpaired) electrons. The Bertz CT molecular complexity index is 1100. The largest absolute Gasteiger partial charge is 0.322 e. The van der Waals surface area contributed by atoms with Crippen LogP contribution in [0, 0.1) is 18.3 Å². The van der Waals surface area contributed by atoms with Gasteiger partial charge in [-0.05, 0) is 67.1 Å². The second-order valence-electron chi connectivity index (χ2n) is 6.14. The average Bonchev–Trinajstić information content (AvgIpc) is 2.70. The fraction of sp³-hybridized carbons (Fsp3) is 0.0455. The van der Waals surface area contributed by atoms with Gasteiger partial charge in [0.15, 0.2) is 0 Å². The fourth-order valence-corrected chi connectivity index (χ4v) is 2.86. The number of benzene rings is 3. The minimum atomic E-state index is -0.368. The summed E-state index contributed by atoms with van der Waals surface area (Å²) in [4.78, 5) is 25.1. The first-order chi connectivity index (χ1) is 13.5. The molecule has 0 bridgehead atoms. The van der Waals surface area contributed by atoms with E-state index in [0.717, 1.165) is 5.56 Å². The van der Waals surface area contributed by atoms with Gasteiger partial charge in [0.1, 0.15) is 0 Å². The third-order valence-electron chi connectivity index (χ3n) is 4.07. The molecule has 3 aromatic rings. The molecule has 6 heteroatoms. The summed E-state index contributed by atoms with van der Waals surface area (Å²) in [5.74, 6) is -0.695. The van der Waals surface area contributed by atoms with Crippen molar-refractivity contribution in [3.05, 3.63) is 94.0 Å². The normalized spacial score (nSPS) is 10.0. The lowest BCUT2D eigenvalue weighted by Crippen LogP contribution is -2.16. The Kier molecular flexibility index (Phi) is 5.73. The standard InChI is InChI=1S/C22H16ClN3O2/c1-14-10-18(23)8-9-20(14)26-22(28)17-6-3-5-16(12-17)21(27)25-19-7-2-4-15(11-19)13-24/h2-12H,1H3,(H,25,27)(H,26,28). The zero-order valence-corrected chi connectivity index (χ0v) is 15.7. The quantitative estimate of drug-likeness (QED) is 0.656. The Morgan fingerprint density at radius 1 is 0.893 bits per heavy atom. The Hall–Kier alpha value is -3.62. The Morgan fingerprint density at radius 2 is 1.57 bits per heavy atom. The summed E-state index contributed by atoms with van der Waals surface area (Å²) in [7, 11) is 0. The molecular weight excluding hydrogens is 374 g/mol. The van der Waals surface area contributed by atoms with E-state index in [4.69, 9.17) is 16.9 Å². The molecule has 2 amide bonds. The molecule has 5 nitrogen and oxygen atoms in total. The number of nitriles is 1. The Morgan fingerprint density at radius 3 is 2.25 bits per heavy atom. The zero-order valence-electron chi connectivity index (χ0n) is 15.0. The number of halogens is 1. The monoisotopic (exact) mass is 389 g/mol. The van der Waals surface area contributed by atoms with Gasteiger partial charge in [0.05, 0.1) is 11.6 Å². The third kappa shape index (κ3) is 4.56. The highest BCUT2D eigenvalue weighted by atomic mass is 35.5. The number of carbonyl (C=O) groups excluding carboxylic acids is 2. The van der Waals surface area contributed by atoms with Crippen molar-refractivity contribution in [3.8, 4) is 6.07 Å². The number of nitrogens with one attached hydrogen (secondary N) is 2. The lowest BCUT2D eigenvalue weighted by Gasteiger charge is -2.10. The molecule has 0 heterocycles. The summed E-state index contributed by atoms with van der Waals surface area (Å²) in [6, 6.07) is 20.2. The molecule has 0 saturated carbocycles. The maximum absolute atomic E-state index is 12.6. The van der Waals surface area contributed by atoms with E-state index in [0.29, 0.717) is 33.1 Å². The first kappa shape index (κ1) is 19.2. The predicted octanol–water partition coefficient (Wildman–Crippen LogP) is 5.02. The summed E-state index contributed by atoms with van der Waals surface area (Å²) >= 11 is 5.94. The number of nitrogens with zero attached hydrogens (tertiary/aromatic N) is 1. The molecule has 0 saturated heterocycles. The summed E-state index contributed by atoms with van der Waals surface area (Å²) in [5, 5.41) is 15.1. The van der Waals surface area contributed by atoms with E-state index >= 15 is 0 Å². The average molecular weight is 390 g/mol. The zero-order chi connectivity index (χ0) is 20.1. The molecule has 3 rings (SSSR count). The second kappa shape index (κ2) is 8.38. The molecule has 0 aliphatic carbocycles. The Labute approximate surface area is 167 Å². The lowest BCUT2D eigenvalue weighted by molar-refractivity contribution is 0.102. The van der Waals surface area contributed by atoms with Crippen LogP contribution in [0.3, 0.4) is 0 Å². The molecule has 0 aliphatic rings. The summed E-state index contributed by atoms with van der Waals surface area (Å²) in [6.45, 7) is 1.85. The van der Waals surface area contributed by atoms with Crippen molar-refractivity contribution in [1.29, 1.82) is 5.26 Å². The minimum Gasteiger partial charge on any atom is -0.322 e. The minimum absolute atomic E-state index is 0.327. The fourth-order valence-electron chi connectivity index (χ4n) is 2.63. The number of carbonyl (C=O) groups is 2. The first-order valence-corrected chi connectivity index (χ1v) is 8.83. The van der Waals surface area contributed by atoms with E-state index in [1.54, 1.807) is 60.7 Å². The Balaban J connectivity index is 1.76. The molecule has 28 heavy (non-hydrogen) atoms. The number of anilines is 2. The van der Waals surface area contributed by atoms with Crippen LogP contribution in [0.4, 0.5) is 11.4 Å². The molecule has 3 aromatic carbocycles. The highest BCUT2D eigenvalue weighted by Crippen LogP contribution is 2.20. The van der Waals surface area contributed by atoms with E-state index in [1.165, 1.54) is 6.07 Å². The highest BCUT2D eigenvalue weighted by Gasteiger charge is 2.12. The van der Waals surface area contributed by atoms with E-state index in [9.17, 15) is 9.59 Å². The molecular formula is C22H16ClN3O2. The molecule has 0 aromatic heterocycles. The van der Waals surface area contributed by atoms with Gasteiger partial charge in [0, 0.05) is 27.5 Å². The predicted molar refractivity (Wildman–Crippen MR) is 110 cm³/mol. The molecule has 138 valence electrons. The first-order valence-electron chi connectivity index (χ1n) is 8.45. The molecule has 0 unspecified atom stereocenters. The van der Waals surface area contributed by atoms with Crippen LogP contribution < -0.4 is 10.6 Å². The van der Waals surface area contributed by atoms with Crippen LogP contribution in [0.1, 0.15) is 31.8 Å². The van der Waals surface area contributed by atoms with E-state index in [1.807, 2.05) is 13.0 Å². The van der Waals surface area contributed by atoms with Gasteiger partial charge < -0.3 is 10.6 Å².